The first-order chi connectivity index (χ1) is 38.0. The van der Waals surface area contributed by atoms with Crippen LogP contribution in [0.3, 0.4) is 0 Å². The van der Waals surface area contributed by atoms with Crippen LogP contribution in [0.5, 0.6) is 0 Å². The summed E-state index contributed by atoms with van der Waals surface area (Å²) in [5.74, 6) is -0.950. The summed E-state index contributed by atoms with van der Waals surface area (Å²) in [6, 6.07) is 0. The maximum Gasteiger partial charge on any atom is 0.306 e. The summed E-state index contributed by atoms with van der Waals surface area (Å²) >= 11 is 0. The van der Waals surface area contributed by atoms with Gasteiger partial charge in [-0.1, -0.05) is 277 Å². The summed E-state index contributed by atoms with van der Waals surface area (Å²) in [4.78, 5) is 38.3. The average Bonchev–Trinajstić information content (AvgIpc) is 3.43. The Labute approximate surface area is 475 Å². The maximum absolute atomic E-state index is 12.9. The Morgan fingerprint density at radius 1 is 0.273 bits per heavy atom. The summed E-state index contributed by atoms with van der Waals surface area (Å²) in [7, 11) is 0. The molecule has 6 heteroatoms. The molecule has 0 aliphatic rings. The zero-order valence-electron chi connectivity index (χ0n) is 50.2. The van der Waals surface area contributed by atoms with Crippen LogP contribution in [-0.2, 0) is 28.6 Å². The van der Waals surface area contributed by atoms with Crippen LogP contribution in [-0.4, -0.2) is 37.2 Å². The highest BCUT2D eigenvalue weighted by Gasteiger charge is 2.19. The van der Waals surface area contributed by atoms with E-state index in [1.54, 1.807) is 0 Å². The topological polar surface area (TPSA) is 78.9 Å². The molecule has 0 aromatic rings. The lowest BCUT2D eigenvalue weighted by Gasteiger charge is -2.18. The zero-order valence-corrected chi connectivity index (χ0v) is 50.2. The van der Waals surface area contributed by atoms with Crippen molar-refractivity contribution in [1.29, 1.82) is 0 Å². The fourth-order valence-electron chi connectivity index (χ4n) is 8.67. The number of unbranched alkanes of at least 4 members (excludes halogenated alkanes) is 26. The van der Waals surface area contributed by atoms with E-state index in [-0.39, 0.29) is 31.1 Å². The number of carbonyl (C=O) groups is 3. The van der Waals surface area contributed by atoms with Gasteiger partial charge in [0, 0.05) is 19.3 Å². The minimum absolute atomic E-state index is 0.0994. The smallest absolute Gasteiger partial charge is 0.306 e. The molecule has 0 heterocycles. The predicted molar refractivity (Wildman–Crippen MR) is 334 cm³/mol. The molecule has 0 bridgehead atoms. The van der Waals surface area contributed by atoms with Gasteiger partial charge in [0.15, 0.2) is 6.10 Å². The highest BCUT2D eigenvalue weighted by molar-refractivity contribution is 5.71. The zero-order chi connectivity index (χ0) is 55.7. The van der Waals surface area contributed by atoms with Gasteiger partial charge in [-0.15, -0.1) is 0 Å². The standard InChI is InChI=1S/C71H118O6/c1-4-7-10-13-16-19-22-25-28-30-31-32-33-34-35-36-37-38-39-41-43-46-49-52-55-58-61-64-70(73)76-67-68(66-75-69(72)63-60-57-54-51-48-45-42-27-24-21-18-15-12-9-6-3)77-71(74)65-62-59-56-53-50-47-44-40-29-26-23-20-17-14-11-8-5-2/h7,10,16,18-19,21,25,27-28,31-32,34-35,37-38,41-43,49,52,68H,4-6,8-9,11-15,17,20,22-24,26,29-30,33,36,39-40,44-48,50-51,53-67H2,1-3H3/b10-7-,19-16-,21-18-,28-25-,32-31-,35-34-,38-37-,42-27-,43-41-,52-49-. The monoisotopic (exact) mass is 1070 g/mol. The van der Waals surface area contributed by atoms with E-state index in [0.717, 1.165) is 128 Å². The molecule has 0 aromatic heterocycles. The van der Waals surface area contributed by atoms with E-state index in [1.165, 1.54) is 116 Å². The van der Waals surface area contributed by atoms with E-state index in [1.807, 2.05) is 0 Å². The largest absolute Gasteiger partial charge is 0.462 e. The van der Waals surface area contributed by atoms with E-state index in [4.69, 9.17) is 14.2 Å². The van der Waals surface area contributed by atoms with Gasteiger partial charge in [-0.25, -0.2) is 0 Å². The molecular weight excluding hydrogens is 949 g/mol. The van der Waals surface area contributed by atoms with E-state index >= 15 is 0 Å². The molecule has 438 valence electrons. The second-order valence-corrected chi connectivity index (χ2v) is 20.9. The van der Waals surface area contributed by atoms with Crippen molar-refractivity contribution < 1.29 is 28.6 Å². The van der Waals surface area contributed by atoms with Crippen LogP contribution in [0, 0.1) is 0 Å². The lowest BCUT2D eigenvalue weighted by Crippen LogP contribution is -2.30. The lowest BCUT2D eigenvalue weighted by atomic mass is 10.0. The molecule has 0 radical (unpaired) electrons. The Kier molecular flexibility index (Phi) is 60.8. The van der Waals surface area contributed by atoms with Gasteiger partial charge in [-0.3, -0.25) is 14.4 Å². The van der Waals surface area contributed by atoms with Crippen molar-refractivity contribution in [2.75, 3.05) is 13.2 Å². The summed E-state index contributed by atoms with van der Waals surface area (Å²) in [6.45, 7) is 6.47. The molecule has 0 N–H and O–H groups in total. The number of carbonyl (C=O) groups excluding carboxylic acids is 3. The van der Waals surface area contributed by atoms with Crippen LogP contribution in [0.4, 0.5) is 0 Å². The van der Waals surface area contributed by atoms with Crippen molar-refractivity contribution in [3.05, 3.63) is 122 Å². The molecular formula is C71H118O6. The van der Waals surface area contributed by atoms with Crippen molar-refractivity contribution in [3.63, 3.8) is 0 Å². The van der Waals surface area contributed by atoms with E-state index in [2.05, 4.69) is 142 Å². The van der Waals surface area contributed by atoms with Crippen LogP contribution in [0.1, 0.15) is 290 Å². The molecule has 0 rings (SSSR count). The fourth-order valence-corrected chi connectivity index (χ4v) is 8.67. The molecule has 6 nitrogen and oxygen atoms in total. The summed E-state index contributed by atoms with van der Waals surface area (Å²) in [5, 5.41) is 0. The minimum atomic E-state index is -0.804. The Morgan fingerprint density at radius 3 is 0.844 bits per heavy atom. The Balaban J connectivity index is 4.45. The Morgan fingerprint density at radius 2 is 0.506 bits per heavy atom. The van der Waals surface area contributed by atoms with Crippen LogP contribution in [0.25, 0.3) is 0 Å². The first-order valence-corrected chi connectivity index (χ1v) is 32.0. The highest BCUT2D eigenvalue weighted by atomic mass is 16.6. The quantitative estimate of drug-likeness (QED) is 0.0261. The third-order valence-corrected chi connectivity index (χ3v) is 13.5. The lowest BCUT2D eigenvalue weighted by molar-refractivity contribution is -0.167. The molecule has 0 spiro atoms. The highest BCUT2D eigenvalue weighted by Crippen LogP contribution is 2.16. The van der Waals surface area contributed by atoms with Crippen molar-refractivity contribution in [1.82, 2.24) is 0 Å². The van der Waals surface area contributed by atoms with E-state index < -0.39 is 6.10 Å². The molecule has 77 heavy (non-hydrogen) atoms. The maximum atomic E-state index is 12.9. The minimum Gasteiger partial charge on any atom is -0.462 e. The van der Waals surface area contributed by atoms with Crippen LogP contribution >= 0.6 is 0 Å². The van der Waals surface area contributed by atoms with Crippen molar-refractivity contribution in [3.8, 4) is 0 Å². The summed E-state index contributed by atoms with van der Waals surface area (Å²) < 4.78 is 16.9. The molecule has 0 aliphatic carbocycles. The van der Waals surface area contributed by atoms with Gasteiger partial charge in [0.2, 0.25) is 0 Å². The van der Waals surface area contributed by atoms with Crippen molar-refractivity contribution in [2.24, 2.45) is 0 Å². The first kappa shape index (κ1) is 72.8. The van der Waals surface area contributed by atoms with E-state index in [9.17, 15) is 14.4 Å². The van der Waals surface area contributed by atoms with Gasteiger partial charge < -0.3 is 14.2 Å². The van der Waals surface area contributed by atoms with Crippen LogP contribution in [0.2, 0.25) is 0 Å². The second-order valence-electron chi connectivity index (χ2n) is 20.9. The van der Waals surface area contributed by atoms with Gasteiger partial charge in [0.1, 0.15) is 13.2 Å². The summed E-state index contributed by atoms with van der Waals surface area (Å²) in [6.07, 6.45) is 89.1. The molecule has 0 aromatic carbocycles. The number of allylic oxidation sites excluding steroid dienone is 20. The first-order valence-electron chi connectivity index (χ1n) is 32.0. The van der Waals surface area contributed by atoms with Gasteiger partial charge in [-0.2, -0.15) is 0 Å². The van der Waals surface area contributed by atoms with Gasteiger partial charge in [0.25, 0.3) is 0 Å². The normalized spacial score (nSPS) is 12.9. The predicted octanol–water partition coefficient (Wildman–Crippen LogP) is 22.0. The van der Waals surface area contributed by atoms with E-state index in [0.29, 0.717) is 25.7 Å². The second kappa shape index (κ2) is 64.3. The fraction of sp³-hybridized carbons (Fsp3) is 0.676. The number of esters is 3. The number of ether oxygens (including phenoxy) is 3. The molecule has 0 amide bonds. The van der Waals surface area contributed by atoms with Crippen molar-refractivity contribution in [2.45, 2.75) is 297 Å². The number of rotatable bonds is 57. The average molecular weight is 1070 g/mol. The van der Waals surface area contributed by atoms with Gasteiger partial charge in [-0.05, 0) is 116 Å². The van der Waals surface area contributed by atoms with Gasteiger partial charge in [0.05, 0.1) is 0 Å². The molecule has 0 saturated carbocycles. The van der Waals surface area contributed by atoms with Crippen LogP contribution < -0.4 is 0 Å². The molecule has 0 fully saturated rings. The SMILES string of the molecule is CC/C=C\C/C=C\C/C=C\C/C=C\C/C=C\C/C=C\C/C=C\C/C=C\CCCCC(=O)OCC(COC(=O)CCCCCCC/C=C\C/C=C\CCCCC)OC(=O)CCCCCCCCCCCCCCCCCCC. The Hall–Kier alpha value is -4.19. The molecule has 1 atom stereocenters. The van der Waals surface area contributed by atoms with Gasteiger partial charge >= 0.3 is 17.9 Å². The molecule has 1 unspecified atom stereocenters. The third-order valence-electron chi connectivity index (χ3n) is 13.5. The Bertz CT molecular complexity index is 1600. The van der Waals surface area contributed by atoms with Crippen molar-refractivity contribution >= 4 is 17.9 Å². The number of hydrogen-bond donors (Lipinski definition) is 0. The number of hydrogen-bond acceptors (Lipinski definition) is 6. The molecule has 0 aliphatic heterocycles. The third kappa shape index (κ3) is 62.5. The van der Waals surface area contributed by atoms with Crippen LogP contribution in [0.15, 0.2) is 122 Å². The summed E-state index contributed by atoms with van der Waals surface area (Å²) in [5.41, 5.74) is 0. The molecule has 0 saturated heterocycles.